The molecule has 0 amide bonds. The lowest BCUT2D eigenvalue weighted by atomic mass is 9.94. The molecule has 1 N–H and O–H groups in total. The van der Waals surface area contributed by atoms with Crippen LogP contribution in [0, 0.1) is 25.7 Å². The fraction of sp³-hybridized carbons (Fsp3) is 0.733. The maximum Gasteiger partial charge on any atom is 0.105 e. The molecule has 0 aliphatic heterocycles. The molecular formula is C15H23NO. The molecule has 2 aliphatic rings. The Balaban J connectivity index is 1.67. The van der Waals surface area contributed by atoms with E-state index in [2.05, 4.69) is 25.2 Å². The summed E-state index contributed by atoms with van der Waals surface area (Å²) < 4.78 is 5.62. The van der Waals surface area contributed by atoms with Gasteiger partial charge in [0, 0.05) is 17.6 Å². The predicted molar refractivity (Wildman–Crippen MR) is 69.0 cm³/mol. The molecular weight excluding hydrogens is 210 g/mol. The molecule has 1 heterocycles. The lowest BCUT2D eigenvalue weighted by Gasteiger charge is -2.26. The molecule has 0 saturated heterocycles. The highest BCUT2D eigenvalue weighted by atomic mass is 16.3. The minimum atomic E-state index is 0.428. The van der Waals surface area contributed by atoms with Crippen molar-refractivity contribution in [2.75, 3.05) is 0 Å². The largest absolute Gasteiger partial charge is 0.466 e. The second kappa shape index (κ2) is 4.16. The molecule has 17 heavy (non-hydrogen) atoms. The monoisotopic (exact) mass is 233 g/mol. The standard InChI is InChI=1S/C15H23NO/c1-9-6-14(11(3)17-9)10(2)16-15-8-12-4-5-13(15)7-12/h6,10,12-13,15-16H,4-5,7-8H2,1-3H3. The summed E-state index contributed by atoms with van der Waals surface area (Å²) in [5.74, 6) is 4.05. The summed E-state index contributed by atoms with van der Waals surface area (Å²) in [5, 5.41) is 3.82. The summed E-state index contributed by atoms with van der Waals surface area (Å²) in [7, 11) is 0. The summed E-state index contributed by atoms with van der Waals surface area (Å²) in [6.45, 7) is 6.37. The van der Waals surface area contributed by atoms with Gasteiger partial charge >= 0.3 is 0 Å². The Kier molecular flexibility index (Phi) is 2.78. The molecule has 3 rings (SSSR count). The Morgan fingerprint density at radius 2 is 2.12 bits per heavy atom. The fourth-order valence-electron chi connectivity index (χ4n) is 3.94. The number of rotatable bonds is 3. The van der Waals surface area contributed by atoms with Crippen LogP contribution in [0.2, 0.25) is 0 Å². The molecule has 2 heteroatoms. The lowest BCUT2D eigenvalue weighted by molar-refractivity contribution is 0.325. The molecule has 0 aromatic carbocycles. The minimum Gasteiger partial charge on any atom is -0.466 e. The van der Waals surface area contributed by atoms with Gasteiger partial charge in [0.2, 0.25) is 0 Å². The third kappa shape index (κ3) is 2.03. The van der Waals surface area contributed by atoms with E-state index in [-0.39, 0.29) is 0 Å². The number of aryl methyl sites for hydroxylation is 2. The van der Waals surface area contributed by atoms with Gasteiger partial charge in [-0.05, 0) is 57.9 Å². The molecule has 2 fully saturated rings. The average molecular weight is 233 g/mol. The molecule has 2 nitrogen and oxygen atoms in total. The van der Waals surface area contributed by atoms with Crippen molar-refractivity contribution < 1.29 is 4.42 Å². The first-order valence-electron chi connectivity index (χ1n) is 6.96. The Hall–Kier alpha value is -0.760. The maximum absolute atomic E-state index is 5.62. The van der Waals surface area contributed by atoms with Gasteiger partial charge < -0.3 is 9.73 Å². The van der Waals surface area contributed by atoms with Crippen molar-refractivity contribution >= 4 is 0 Å². The SMILES string of the molecule is Cc1cc(C(C)NC2CC3CCC2C3)c(C)o1. The van der Waals surface area contributed by atoms with Gasteiger partial charge in [-0.25, -0.2) is 0 Å². The summed E-state index contributed by atoms with van der Waals surface area (Å²) in [5.41, 5.74) is 1.34. The molecule has 4 atom stereocenters. The van der Waals surface area contributed by atoms with Crippen LogP contribution in [-0.4, -0.2) is 6.04 Å². The molecule has 0 spiro atoms. The Labute approximate surface area is 104 Å². The molecule has 1 aromatic rings. The van der Waals surface area contributed by atoms with Crippen LogP contribution in [0.25, 0.3) is 0 Å². The molecule has 2 bridgehead atoms. The Bertz CT molecular complexity index is 409. The molecule has 4 unspecified atom stereocenters. The third-order valence-electron chi connectivity index (χ3n) is 4.75. The molecule has 94 valence electrons. The van der Waals surface area contributed by atoms with Crippen molar-refractivity contribution in [3.8, 4) is 0 Å². The van der Waals surface area contributed by atoms with Crippen LogP contribution in [0.3, 0.4) is 0 Å². The first-order chi connectivity index (χ1) is 8.13. The lowest BCUT2D eigenvalue weighted by Crippen LogP contribution is -2.35. The first-order valence-corrected chi connectivity index (χ1v) is 6.96. The Morgan fingerprint density at radius 1 is 1.29 bits per heavy atom. The van der Waals surface area contributed by atoms with Crippen molar-refractivity contribution in [1.82, 2.24) is 5.32 Å². The predicted octanol–water partition coefficient (Wildman–Crippen LogP) is 3.74. The van der Waals surface area contributed by atoms with Gasteiger partial charge in [0.15, 0.2) is 0 Å². The zero-order chi connectivity index (χ0) is 12.0. The summed E-state index contributed by atoms with van der Waals surface area (Å²) in [4.78, 5) is 0. The van der Waals surface area contributed by atoms with Crippen LogP contribution in [0.1, 0.15) is 55.7 Å². The van der Waals surface area contributed by atoms with E-state index in [1.54, 1.807) is 0 Å². The number of nitrogens with one attached hydrogen (secondary N) is 1. The summed E-state index contributed by atoms with van der Waals surface area (Å²) in [6.07, 6.45) is 5.78. The summed E-state index contributed by atoms with van der Waals surface area (Å²) in [6, 6.07) is 3.36. The summed E-state index contributed by atoms with van der Waals surface area (Å²) >= 11 is 0. The van der Waals surface area contributed by atoms with E-state index in [0.717, 1.165) is 29.4 Å². The molecule has 1 aromatic heterocycles. The van der Waals surface area contributed by atoms with Crippen molar-refractivity contribution in [2.24, 2.45) is 11.8 Å². The number of hydrogen-bond donors (Lipinski definition) is 1. The topological polar surface area (TPSA) is 25.2 Å². The van der Waals surface area contributed by atoms with E-state index in [0.29, 0.717) is 6.04 Å². The smallest absolute Gasteiger partial charge is 0.105 e. The van der Waals surface area contributed by atoms with E-state index in [4.69, 9.17) is 4.42 Å². The van der Waals surface area contributed by atoms with Crippen molar-refractivity contribution in [2.45, 2.75) is 58.5 Å². The van der Waals surface area contributed by atoms with Crippen LogP contribution in [0.15, 0.2) is 10.5 Å². The van der Waals surface area contributed by atoms with Crippen LogP contribution in [-0.2, 0) is 0 Å². The van der Waals surface area contributed by atoms with E-state index in [1.165, 1.54) is 31.2 Å². The van der Waals surface area contributed by atoms with E-state index in [1.807, 2.05) is 6.92 Å². The van der Waals surface area contributed by atoms with Gasteiger partial charge in [-0.1, -0.05) is 6.42 Å². The van der Waals surface area contributed by atoms with Gasteiger partial charge in [-0.2, -0.15) is 0 Å². The maximum atomic E-state index is 5.62. The third-order valence-corrected chi connectivity index (χ3v) is 4.75. The second-order valence-corrected chi connectivity index (χ2v) is 6.04. The van der Waals surface area contributed by atoms with Crippen LogP contribution in [0.4, 0.5) is 0 Å². The zero-order valence-electron chi connectivity index (χ0n) is 11.1. The first kappa shape index (κ1) is 11.3. The normalized spacial score (nSPS) is 33.2. The van der Waals surface area contributed by atoms with Crippen molar-refractivity contribution in [3.63, 3.8) is 0 Å². The zero-order valence-corrected chi connectivity index (χ0v) is 11.1. The van der Waals surface area contributed by atoms with Crippen LogP contribution >= 0.6 is 0 Å². The van der Waals surface area contributed by atoms with Crippen molar-refractivity contribution in [3.05, 3.63) is 23.2 Å². The van der Waals surface area contributed by atoms with Gasteiger partial charge in [0.05, 0.1) is 0 Å². The molecule has 2 aliphatic carbocycles. The van der Waals surface area contributed by atoms with E-state index >= 15 is 0 Å². The van der Waals surface area contributed by atoms with Gasteiger partial charge in [-0.15, -0.1) is 0 Å². The highest BCUT2D eigenvalue weighted by Gasteiger charge is 2.39. The highest BCUT2D eigenvalue weighted by molar-refractivity contribution is 5.23. The van der Waals surface area contributed by atoms with Gasteiger partial charge in [-0.3, -0.25) is 0 Å². The molecule has 0 radical (unpaired) electrons. The van der Waals surface area contributed by atoms with E-state index in [9.17, 15) is 0 Å². The minimum absolute atomic E-state index is 0.428. The number of fused-ring (bicyclic) bond motifs is 2. The second-order valence-electron chi connectivity index (χ2n) is 6.04. The van der Waals surface area contributed by atoms with Gasteiger partial charge in [0.1, 0.15) is 11.5 Å². The van der Waals surface area contributed by atoms with Crippen molar-refractivity contribution in [1.29, 1.82) is 0 Å². The highest BCUT2D eigenvalue weighted by Crippen LogP contribution is 2.45. The Morgan fingerprint density at radius 3 is 2.65 bits per heavy atom. The number of furan rings is 1. The fourth-order valence-corrected chi connectivity index (χ4v) is 3.94. The van der Waals surface area contributed by atoms with E-state index < -0.39 is 0 Å². The van der Waals surface area contributed by atoms with Crippen LogP contribution in [0.5, 0.6) is 0 Å². The van der Waals surface area contributed by atoms with Gasteiger partial charge in [0.25, 0.3) is 0 Å². The quantitative estimate of drug-likeness (QED) is 0.860. The van der Waals surface area contributed by atoms with Crippen LogP contribution < -0.4 is 5.32 Å². The number of hydrogen-bond acceptors (Lipinski definition) is 2. The average Bonchev–Trinajstić information content (AvgIpc) is 2.93. The molecule has 2 saturated carbocycles.